The minimum Gasteiger partial charge on any atom is -0.229 e. The lowest BCUT2D eigenvalue weighted by Gasteiger charge is -2.32. The summed E-state index contributed by atoms with van der Waals surface area (Å²) in [5, 5.41) is 0. The van der Waals surface area contributed by atoms with E-state index in [4.69, 9.17) is 0 Å². The molecule has 5 nitrogen and oxygen atoms in total. The molecule has 106 valence electrons. The van der Waals surface area contributed by atoms with E-state index in [0.717, 1.165) is 0 Å². The van der Waals surface area contributed by atoms with Crippen molar-refractivity contribution in [1.29, 1.82) is 0 Å². The van der Waals surface area contributed by atoms with Gasteiger partial charge in [-0.1, -0.05) is 18.2 Å². The molecule has 0 spiro atoms. The van der Waals surface area contributed by atoms with E-state index < -0.39 is 25.9 Å². The Balaban J connectivity index is 2.39. The fourth-order valence-corrected chi connectivity index (χ4v) is 5.94. The number of sulfonamides is 1. The van der Waals surface area contributed by atoms with Gasteiger partial charge in [-0.15, -0.1) is 0 Å². The van der Waals surface area contributed by atoms with Crippen LogP contribution in [0.25, 0.3) is 0 Å². The molecule has 1 heterocycles. The number of rotatable bonds is 2. The van der Waals surface area contributed by atoms with E-state index >= 15 is 0 Å². The van der Waals surface area contributed by atoms with Crippen LogP contribution in [0.4, 0.5) is 0 Å². The van der Waals surface area contributed by atoms with Crippen molar-refractivity contribution >= 4 is 19.9 Å². The quantitative estimate of drug-likeness (QED) is 0.810. The van der Waals surface area contributed by atoms with Gasteiger partial charge in [-0.2, -0.15) is 4.31 Å². The van der Waals surface area contributed by atoms with Crippen molar-refractivity contribution in [2.75, 3.05) is 18.1 Å². The highest BCUT2D eigenvalue weighted by molar-refractivity contribution is 7.92. The first-order valence-electron chi connectivity index (χ1n) is 6.02. The summed E-state index contributed by atoms with van der Waals surface area (Å²) in [6.45, 7) is 3.39. The van der Waals surface area contributed by atoms with Gasteiger partial charge < -0.3 is 0 Å². The van der Waals surface area contributed by atoms with E-state index in [2.05, 4.69) is 0 Å². The van der Waals surface area contributed by atoms with Gasteiger partial charge in [0.1, 0.15) is 0 Å². The summed E-state index contributed by atoms with van der Waals surface area (Å²) >= 11 is 0. The Kier molecular flexibility index (Phi) is 3.72. The van der Waals surface area contributed by atoms with Gasteiger partial charge in [0, 0.05) is 12.6 Å². The molecule has 1 aromatic carbocycles. The van der Waals surface area contributed by atoms with Crippen LogP contribution in [0.15, 0.2) is 29.2 Å². The Morgan fingerprint density at radius 2 is 1.89 bits per heavy atom. The molecule has 0 saturated carbocycles. The molecule has 1 aromatic rings. The molecular formula is C12H17NO4S2. The molecule has 0 amide bonds. The Hall–Kier alpha value is -0.920. The number of nitrogens with zero attached hydrogens (tertiary/aromatic N) is 1. The summed E-state index contributed by atoms with van der Waals surface area (Å²) in [4.78, 5) is 0.251. The first-order valence-corrected chi connectivity index (χ1v) is 9.28. The van der Waals surface area contributed by atoms with E-state index in [1.165, 1.54) is 4.31 Å². The van der Waals surface area contributed by atoms with Gasteiger partial charge in [0.15, 0.2) is 9.84 Å². The van der Waals surface area contributed by atoms with Crippen molar-refractivity contribution in [2.45, 2.75) is 24.8 Å². The summed E-state index contributed by atoms with van der Waals surface area (Å²) in [7, 11) is -6.75. The maximum absolute atomic E-state index is 12.6. The van der Waals surface area contributed by atoms with Crippen molar-refractivity contribution in [3.63, 3.8) is 0 Å². The maximum Gasteiger partial charge on any atom is 0.243 e. The van der Waals surface area contributed by atoms with Crippen molar-refractivity contribution in [3.8, 4) is 0 Å². The zero-order valence-electron chi connectivity index (χ0n) is 10.9. The molecule has 0 radical (unpaired) electrons. The van der Waals surface area contributed by atoms with Crippen molar-refractivity contribution in [3.05, 3.63) is 29.8 Å². The Morgan fingerprint density at radius 3 is 2.47 bits per heavy atom. The molecule has 0 aromatic heterocycles. The van der Waals surface area contributed by atoms with E-state index in [-0.39, 0.29) is 22.9 Å². The third kappa shape index (κ3) is 2.82. The number of sulfone groups is 1. The number of aryl methyl sites for hydroxylation is 1. The monoisotopic (exact) mass is 303 g/mol. The van der Waals surface area contributed by atoms with E-state index in [1.54, 1.807) is 38.1 Å². The molecule has 1 fully saturated rings. The van der Waals surface area contributed by atoms with Crippen molar-refractivity contribution in [2.24, 2.45) is 0 Å². The van der Waals surface area contributed by atoms with Crippen LogP contribution in [0, 0.1) is 6.92 Å². The highest BCUT2D eigenvalue weighted by Crippen LogP contribution is 2.24. The highest BCUT2D eigenvalue weighted by Gasteiger charge is 2.36. The summed E-state index contributed by atoms with van der Waals surface area (Å²) < 4.78 is 49.4. The third-order valence-electron chi connectivity index (χ3n) is 3.29. The molecule has 0 N–H and O–H groups in total. The lowest BCUT2D eigenvalue weighted by Crippen LogP contribution is -2.49. The number of hydrogen-bond donors (Lipinski definition) is 0. The second-order valence-corrected chi connectivity index (χ2v) is 8.93. The predicted octanol–water partition coefficient (Wildman–Crippen LogP) is 0.803. The fraction of sp³-hybridized carbons (Fsp3) is 0.500. The van der Waals surface area contributed by atoms with Gasteiger partial charge in [0.05, 0.1) is 16.4 Å². The van der Waals surface area contributed by atoms with Crippen molar-refractivity contribution < 1.29 is 16.8 Å². The largest absolute Gasteiger partial charge is 0.243 e. The SMILES string of the molecule is Cc1ccccc1S(=O)(=O)N1CCS(=O)(=O)CC1C. The van der Waals surface area contributed by atoms with Crippen LogP contribution in [0.2, 0.25) is 0 Å². The Labute approximate surface area is 114 Å². The Morgan fingerprint density at radius 1 is 1.26 bits per heavy atom. The van der Waals surface area contributed by atoms with Crippen LogP contribution in [0.1, 0.15) is 12.5 Å². The second kappa shape index (κ2) is 4.88. The zero-order valence-corrected chi connectivity index (χ0v) is 12.5. The molecule has 1 unspecified atom stereocenters. The zero-order chi connectivity index (χ0) is 14.3. The molecule has 0 bridgehead atoms. The second-order valence-electron chi connectivity index (χ2n) is 4.84. The molecule has 7 heteroatoms. The number of hydrogen-bond acceptors (Lipinski definition) is 4. The molecular weight excluding hydrogens is 286 g/mol. The van der Waals surface area contributed by atoms with Gasteiger partial charge in [0.25, 0.3) is 0 Å². The minimum absolute atomic E-state index is 0.0279. The maximum atomic E-state index is 12.6. The first kappa shape index (κ1) is 14.5. The van der Waals surface area contributed by atoms with Crippen LogP contribution in [0.3, 0.4) is 0 Å². The molecule has 1 aliphatic rings. The summed E-state index contributed by atoms with van der Waals surface area (Å²) in [5.41, 5.74) is 0.670. The summed E-state index contributed by atoms with van der Waals surface area (Å²) in [6, 6.07) is 6.21. The van der Waals surface area contributed by atoms with E-state index in [1.807, 2.05) is 0 Å². The van der Waals surface area contributed by atoms with Crippen molar-refractivity contribution in [1.82, 2.24) is 4.31 Å². The fourth-order valence-electron chi connectivity index (χ4n) is 2.31. The molecule has 19 heavy (non-hydrogen) atoms. The van der Waals surface area contributed by atoms with Crippen LogP contribution in [-0.2, 0) is 19.9 Å². The smallest absolute Gasteiger partial charge is 0.229 e. The molecule has 1 saturated heterocycles. The average Bonchev–Trinajstić information content (AvgIpc) is 2.27. The van der Waals surface area contributed by atoms with Crippen LogP contribution in [-0.4, -0.2) is 45.2 Å². The van der Waals surface area contributed by atoms with Gasteiger partial charge in [-0.25, -0.2) is 16.8 Å². The number of benzene rings is 1. The van der Waals surface area contributed by atoms with Gasteiger partial charge in [-0.05, 0) is 25.5 Å². The topological polar surface area (TPSA) is 71.5 Å². The highest BCUT2D eigenvalue weighted by atomic mass is 32.2. The first-order chi connectivity index (χ1) is 8.74. The molecule has 0 aliphatic carbocycles. The molecule has 2 rings (SSSR count). The van der Waals surface area contributed by atoms with Crippen LogP contribution in [0.5, 0.6) is 0 Å². The van der Waals surface area contributed by atoms with E-state index in [9.17, 15) is 16.8 Å². The third-order valence-corrected chi connectivity index (χ3v) is 7.26. The van der Waals surface area contributed by atoms with E-state index in [0.29, 0.717) is 5.56 Å². The lowest BCUT2D eigenvalue weighted by molar-refractivity contribution is 0.356. The van der Waals surface area contributed by atoms with Gasteiger partial charge in [-0.3, -0.25) is 0 Å². The van der Waals surface area contributed by atoms with Gasteiger partial charge in [0.2, 0.25) is 10.0 Å². The predicted molar refractivity (Wildman–Crippen MR) is 73.2 cm³/mol. The van der Waals surface area contributed by atoms with Crippen LogP contribution < -0.4 is 0 Å². The normalized spacial score (nSPS) is 24.2. The Bertz CT molecular complexity index is 679. The molecule has 1 aliphatic heterocycles. The average molecular weight is 303 g/mol. The minimum atomic E-state index is -3.62. The summed E-state index contributed by atoms with van der Waals surface area (Å²) in [6.07, 6.45) is 0. The lowest BCUT2D eigenvalue weighted by atomic mass is 10.2. The standard InChI is InChI=1S/C12H17NO4S2/c1-10-5-3-4-6-12(10)19(16,17)13-7-8-18(14,15)9-11(13)2/h3-6,11H,7-9H2,1-2H3. The summed E-state index contributed by atoms with van der Waals surface area (Å²) in [5.74, 6) is -0.222. The van der Waals surface area contributed by atoms with Crippen LogP contribution >= 0.6 is 0 Å². The molecule has 1 atom stereocenters. The van der Waals surface area contributed by atoms with Gasteiger partial charge >= 0.3 is 0 Å².